The van der Waals surface area contributed by atoms with Crippen LogP contribution in [-0.4, -0.2) is 11.4 Å². The molecule has 0 bridgehead atoms. The Hall–Kier alpha value is -1.57. The molecule has 0 amide bonds. The number of benzene rings is 1. The molecule has 72 valence electrons. The van der Waals surface area contributed by atoms with E-state index in [1.807, 2.05) is 19.1 Å². The number of fused-ring (bicyclic) bond motifs is 1. The summed E-state index contributed by atoms with van der Waals surface area (Å²) in [6.07, 6.45) is 3.64. The molecule has 0 unspecified atom stereocenters. The molecule has 14 heavy (non-hydrogen) atoms. The second-order valence-corrected chi connectivity index (χ2v) is 3.75. The molecule has 1 aliphatic rings. The van der Waals surface area contributed by atoms with Crippen LogP contribution in [-0.2, 0) is 11.2 Å². The van der Waals surface area contributed by atoms with Crippen LogP contribution in [0.25, 0.3) is 6.08 Å². The maximum Gasteiger partial charge on any atom is 0.146 e. The molecule has 0 aliphatic heterocycles. The number of carbonyl (C=O) groups is 1. The SMILES string of the molecule is C[C@H]1Cc2cc(O)ccc2C=C1C=O. The van der Waals surface area contributed by atoms with Crippen molar-refractivity contribution in [2.45, 2.75) is 13.3 Å². The van der Waals surface area contributed by atoms with Crippen LogP contribution in [0.1, 0.15) is 18.1 Å². The summed E-state index contributed by atoms with van der Waals surface area (Å²) in [7, 11) is 0. The highest BCUT2D eigenvalue weighted by Gasteiger charge is 2.17. The third-order valence-corrected chi connectivity index (χ3v) is 2.68. The smallest absolute Gasteiger partial charge is 0.146 e. The van der Waals surface area contributed by atoms with E-state index in [9.17, 15) is 9.90 Å². The molecule has 2 nitrogen and oxygen atoms in total. The van der Waals surface area contributed by atoms with Crippen molar-refractivity contribution in [1.82, 2.24) is 0 Å². The fourth-order valence-corrected chi connectivity index (χ4v) is 1.83. The zero-order valence-electron chi connectivity index (χ0n) is 8.03. The first kappa shape index (κ1) is 9.00. The number of aldehydes is 1. The number of rotatable bonds is 1. The number of phenols is 1. The van der Waals surface area contributed by atoms with Gasteiger partial charge in [-0.05, 0) is 47.2 Å². The summed E-state index contributed by atoms with van der Waals surface area (Å²) in [5, 5.41) is 9.31. The van der Waals surface area contributed by atoms with Gasteiger partial charge >= 0.3 is 0 Å². The van der Waals surface area contributed by atoms with Gasteiger partial charge in [-0.3, -0.25) is 4.79 Å². The van der Waals surface area contributed by atoms with E-state index < -0.39 is 0 Å². The van der Waals surface area contributed by atoms with E-state index in [2.05, 4.69) is 0 Å². The average Bonchev–Trinajstić information content (AvgIpc) is 2.16. The number of hydrogen-bond donors (Lipinski definition) is 1. The molecule has 0 radical (unpaired) electrons. The third kappa shape index (κ3) is 1.43. The first-order valence-electron chi connectivity index (χ1n) is 4.69. The summed E-state index contributed by atoms with van der Waals surface area (Å²) < 4.78 is 0. The van der Waals surface area contributed by atoms with Crippen LogP contribution < -0.4 is 0 Å². The quantitative estimate of drug-likeness (QED) is 0.686. The van der Waals surface area contributed by atoms with Gasteiger partial charge in [-0.25, -0.2) is 0 Å². The zero-order valence-corrected chi connectivity index (χ0v) is 8.03. The van der Waals surface area contributed by atoms with Crippen molar-refractivity contribution in [3.63, 3.8) is 0 Å². The molecule has 0 spiro atoms. The van der Waals surface area contributed by atoms with E-state index in [0.717, 1.165) is 29.4 Å². The third-order valence-electron chi connectivity index (χ3n) is 2.68. The summed E-state index contributed by atoms with van der Waals surface area (Å²) in [4.78, 5) is 10.7. The second-order valence-electron chi connectivity index (χ2n) is 3.75. The van der Waals surface area contributed by atoms with Crippen molar-refractivity contribution in [3.05, 3.63) is 34.9 Å². The van der Waals surface area contributed by atoms with E-state index in [1.54, 1.807) is 12.1 Å². The predicted molar refractivity (Wildman–Crippen MR) is 55.0 cm³/mol. The van der Waals surface area contributed by atoms with E-state index in [0.29, 0.717) is 5.75 Å². The largest absolute Gasteiger partial charge is 0.508 e. The number of carbonyl (C=O) groups excluding carboxylic acids is 1. The van der Waals surface area contributed by atoms with Gasteiger partial charge in [0.05, 0.1) is 0 Å². The van der Waals surface area contributed by atoms with Gasteiger partial charge in [0, 0.05) is 0 Å². The monoisotopic (exact) mass is 188 g/mol. The summed E-state index contributed by atoms with van der Waals surface area (Å²) in [6, 6.07) is 5.26. The molecule has 0 aromatic heterocycles. The minimum Gasteiger partial charge on any atom is -0.508 e. The second kappa shape index (κ2) is 3.29. The highest BCUT2D eigenvalue weighted by Crippen LogP contribution is 2.29. The molecule has 1 atom stereocenters. The van der Waals surface area contributed by atoms with Crippen molar-refractivity contribution in [2.24, 2.45) is 5.92 Å². The Morgan fingerprint density at radius 2 is 2.29 bits per heavy atom. The molecule has 0 fully saturated rings. The predicted octanol–water partition coefficient (Wildman–Crippen LogP) is 2.17. The van der Waals surface area contributed by atoms with Crippen LogP contribution in [0.3, 0.4) is 0 Å². The molecule has 0 saturated carbocycles. The molecule has 1 aromatic carbocycles. The normalized spacial score (nSPS) is 19.8. The Kier molecular flexibility index (Phi) is 2.12. The van der Waals surface area contributed by atoms with E-state index in [4.69, 9.17) is 0 Å². The van der Waals surface area contributed by atoms with Crippen LogP contribution in [0.5, 0.6) is 5.75 Å². The minimum absolute atomic E-state index is 0.252. The Morgan fingerprint density at radius 3 is 3.00 bits per heavy atom. The van der Waals surface area contributed by atoms with Crippen molar-refractivity contribution >= 4 is 12.4 Å². The van der Waals surface area contributed by atoms with Crippen LogP contribution in [0, 0.1) is 5.92 Å². The first-order chi connectivity index (χ1) is 6.70. The molecule has 2 rings (SSSR count). The number of allylic oxidation sites excluding steroid dienone is 1. The lowest BCUT2D eigenvalue weighted by Crippen LogP contribution is -2.10. The Balaban J connectivity index is 2.50. The van der Waals surface area contributed by atoms with Gasteiger partial charge in [0.25, 0.3) is 0 Å². The average molecular weight is 188 g/mol. The van der Waals surface area contributed by atoms with Crippen LogP contribution >= 0.6 is 0 Å². The number of hydrogen-bond acceptors (Lipinski definition) is 2. The van der Waals surface area contributed by atoms with Crippen LogP contribution in [0.15, 0.2) is 23.8 Å². The van der Waals surface area contributed by atoms with Crippen molar-refractivity contribution in [1.29, 1.82) is 0 Å². The molecule has 0 saturated heterocycles. The fraction of sp³-hybridized carbons (Fsp3) is 0.250. The summed E-state index contributed by atoms with van der Waals surface area (Å²) in [5.74, 6) is 0.542. The standard InChI is InChI=1S/C12H12O2/c1-8-4-10-6-12(14)3-2-9(10)5-11(8)7-13/h2-3,5-8,14H,4H2,1H3/t8-/m0/s1. The Labute approximate surface area is 82.9 Å². The summed E-state index contributed by atoms with van der Waals surface area (Å²) in [6.45, 7) is 2.02. The van der Waals surface area contributed by atoms with Gasteiger partial charge < -0.3 is 5.11 Å². The lowest BCUT2D eigenvalue weighted by molar-refractivity contribution is -0.105. The zero-order chi connectivity index (χ0) is 10.1. The number of aromatic hydroxyl groups is 1. The Morgan fingerprint density at radius 1 is 1.50 bits per heavy atom. The van der Waals surface area contributed by atoms with Crippen LogP contribution in [0.4, 0.5) is 0 Å². The maximum atomic E-state index is 10.7. The van der Waals surface area contributed by atoms with Gasteiger partial charge in [0.15, 0.2) is 0 Å². The van der Waals surface area contributed by atoms with Crippen molar-refractivity contribution in [2.75, 3.05) is 0 Å². The van der Waals surface area contributed by atoms with Gasteiger partial charge in [0.1, 0.15) is 12.0 Å². The van der Waals surface area contributed by atoms with E-state index in [1.165, 1.54) is 0 Å². The molecule has 0 heterocycles. The Bertz CT molecular complexity index is 405. The molecule has 1 N–H and O–H groups in total. The van der Waals surface area contributed by atoms with Gasteiger partial charge in [0.2, 0.25) is 0 Å². The maximum absolute atomic E-state index is 10.7. The summed E-state index contributed by atoms with van der Waals surface area (Å²) >= 11 is 0. The van der Waals surface area contributed by atoms with E-state index in [-0.39, 0.29) is 5.92 Å². The minimum atomic E-state index is 0.252. The van der Waals surface area contributed by atoms with Crippen molar-refractivity contribution < 1.29 is 9.90 Å². The van der Waals surface area contributed by atoms with Gasteiger partial charge in [-0.1, -0.05) is 13.0 Å². The molecule has 1 aromatic rings. The van der Waals surface area contributed by atoms with Gasteiger partial charge in [-0.15, -0.1) is 0 Å². The molecular formula is C12H12O2. The molecule has 2 heteroatoms. The first-order valence-corrected chi connectivity index (χ1v) is 4.69. The summed E-state index contributed by atoms with van der Waals surface area (Å²) in [5.41, 5.74) is 2.99. The fourth-order valence-electron chi connectivity index (χ4n) is 1.83. The molecule has 1 aliphatic carbocycles. The lowest BCUT2D eigenvalue weighted by atomic mass is 9.85. The topological polar surface area (TPSA) is 37.3 Å². The molecular weight excluding hydrogens is 176 g/mol. The highest BCUT2D eigenvalue weighted by molar-refractivity contribution is 5.84. The number of phenolic OH excluding ortho intramolecular Hbond substituents is 1. The van der Waals surface area contributed by atoms with Gasteiger partial charge in [-0.2, -0.15) is 0 Å². The lowest BCUT2D eigenvalue weighted by Gasteiger charge is -2.19. The highest BCUT2D eigenvalue weighted by atomic mass is 16.3. The van der Waals surface area contributed by atoms with Crippen LogP contribution in [0.2, 0.25) is 0 Å². The van der Waals surface area contributed by atoms with E-state index >= 15 is 0 Å². The van der Waals surface area contributed by atoms with Crippen molar-refractivity contribution in [3.8, 4) is 5.75 Å².